The van der Waals surface area contributed by atoms with Gasteiger partial charge >= 0.3 is 6.03 Å². The molecule has 1 saturated heterocycles. The smallest absolute Gasteiger partial charge is 0.325 e. The van der Waals surface area contributed by atoms with Gasteiger partial charge in [0.2, 0.25) is 11.8 Å². The summed E-state index contributed by atoms with van der Waals surface area (Å²) in [6, 6.07) is 8.86. The van der Waals surface area contributed by atoms with E-state index in [-0.39, 0.29) is 13.0 Å². The number of hydrogen-bond donors (Lipinski definition) is 2. The van der Waals surface area contributed by atoms with Crippen LogP contribution in [-0.4, -0.2) is 48.0 Å². The Kier molecular flexibility index (Phi) is 5.73. The molecule has 1 aromatic heterocycles. The van der Waals surface area contributed by atoms with Gasteiger partial charge in [-0.3, -0.25) is 14.5 Å². The number of carbonyl (C=O) groups is 3. The zero-order chi connectivity index (χ0) is 20.1. The third-order valence-electron chi connectivity index (χ3n) is 4.23. The molecule has 3 rings (SSSR count). The van der Waals surface area contributed by atoms with E-state index >= 15 is 0 Å². The monoisotopic (exact) mass is 384 g/mol. The van der Waals surface area contributed by atoms with Crippen LogP contribution in [-0.2, 0) is 16.1 Å². The molecule has 9 nitrogen and oxygen atoms in total. The van der Waals surface area contributed by atoms with Crippen molar-refractivity contribution in [1.29, 1.82) is 0 Å². The summed E-state index contributed by atoms with van der Waals surface area (Å²) in [4.78, 5) is 42.0. The van der Waals surface area contributed by atoms with Crippen molar-refractivity contribution in [2.45, 2.75) is 19.0 Å². The lowest BCUT2D eigenvalue weighted by Gasteiger charge is -2.13. The molecule has 146 valence electrons. The van der Waals surface area contributed by atoms with Gasteiger partial charge < -0.3 is 20.1 Å². The minimum Gasteiger partial charge on any atom is -0.497 e. The van der Waals surface area contributed by atoms with Crippen LogP contribution in [0.15, 0.2) is 42.6 Å². The van der Waals surface area contributed by atoms with E-state index in [2.05, 4.69) is 15.6 Å². The van der Waals surface area contributed by atoms with Crippen LogP contribution in [0.3, 0.4) is 0 Å². The minimum atomic E-state index is -0.906. The van der Waals surface area contributed by atoms with Crippen molar-refractivity contribution in [3.8, 4) is 11.6 Å². The number of amides is 4. The number of methoxy groups -OCH3 is 2. The molecule has 1 aromatic carbocycles. The number of nitrogens with zero attached hydrogens (tertiary/aromatic N) is 2. The molecule has 0 saturated carbocycles. The molecule has 0 aliphatic carbocycles. The zero-order valence-electron chi connectivity index (χ0n) is 15.5. The van der Waals surface area contributed by atoms with Gasteiger partial charge in [0, 0.05) is 6.07 Å². The average molecular weight is 384 g/mol. The number of rotatable bonds is 7. The Bertz CT molecular complexity index is 867. The summed E-state index contributed by atoms with van der Waals surface area (Å²) in [5.41, 5.74) is 1.25. The number of nitrogens with one attached hydrogen (secondary N) is 2. The standard InChI is InChI=1S/C19H20N4O5/c1-27-14-6-3-12(4-7-14)11-23-18(25)15(22-19(23)26)9-16(24)21-13-5-8-17(28-2)20-10-13/h3-8,10,15H,9,11H2,1-2H3,(H,21,24)(H,22,26)/t15-/m0/s1. The van der Waals surface area contributed by atoms with Gasteiger partial charge in [-0.15, -0.1) is 0 Å². The van der Waals surface area contributed by atoms with Crippen molar-refractivity contribution < 1.29 is 23.9 Å². The topological polar surface area (TPSA) is 110 Å². The maximum atomic E-state index is 12.5. The van der Waals surface area contributed by atoms with Crippen molar-refractivity contribution in [2.24, 2.45) is 0 Å². The van der Waals surface area contributed by atoms with Crippen LogP contribution < -0.4 is 20.1 Å². The molecule has 2 N–H and O–H groups in total. The molecule has 0 radical (unpaired) electrons. The molecule has 1 aliphatic heterocycles. The molecular weight excluding hydrogens is 364 g/mol. The lowest BCUT2D eigenvalue weighted by molar-refractivity contribution is -0.130. The van der Waals surface area contributed by atoms with Crippen LogP contribution in [0.4, 0.5) is 10.5 Å². The van der Waals surface area contributed by atoms with E-state index < -0.39 is 23.9 Å². The fourth-order valence-electron chi connectivity index (χ4n) is 2.75. The average Bonchev–Trinajstić information content (AvgIpc) is 2.96. The first-order chi connectivity index (χ1) is 13.5. The molecule has 0 spiro atoms. The molecule has 0 bridgehead atoms. The minimum absolute atomic E-state index is 0.120. The molecule has 28 heavy (non-hydrogen) atoms. The number of hydrogen-bond acceptors (Lipinski definition) is 6. The fourth-order valence-corrected chi connectivity index (χ4v) is 2.75. The Labute approximate surface area is 161 Å². The first-order valence-corrected chi connectivity index (χ1v) is 8.55. The van der Waals surface area contributed by atoms with E-state index in [1.807, 2.05) is 0 Å². The predicted octanol–water partition coefficient (Wildman–Crippen LogP) is 1.55. The van der Waals surface area contributed by atoms with Crippen molar-refractivity contribution >= 4 is 23.5 Å². The molecule has 0 unspecified atom stereocenters. The highest BCUT2D eigenvalue weighted by atomic mass is 16.5. The number of aromatic nitrogens is 1. The highest BCUT2D eigenvalue weighted by molar-refractivity contribution is 6.06. The predicted molar refractivity (Wildman–Crippen MR) is 99.9 cm³/mol. The Balaban J connectivity index is 1.58. The maximum Gasteiger partial charge on any atom is 0.325 e. The summed E-state index contributed by atoms with van der Waals surface area (Å²) >= 11 is 0. The lowest BCUT2D eigenvalue weighted by Crippen LogP contribution is -2.34. The van der Waals surface area contributed by atoms with Crippen LogP contribution in [0.5, 0.6) is 11.6 Å². The second-order valence-electron chi connectivity index (χ2n) is 6.12. The Morgan fingerprint density at radius 3 is 2.50 bits per heavy atom. The van der Waals surface area contributed by atoms with E-state index in [1.54, 1.807) is 43.5 Å². The molecule has 1 aliphatic rings. The first kappa shape index (κ1) is 19.2. The second-order valence-corrected chi connectivity index (χ2v) is 6.12. The molecular formula is C19H20N4O5. The normalized spacial score (nSPS) is 15.9. The third-order valence-corrected chi connectivity index (χ3v) is 4.23. The highest BCUT2D eigenvalue weighted by Gasteiger charge is 2.38. The van der Waals surface area contributed by atoms with Crippen LogP contribution >= 0.6 is 0 Å². The summed E-state index contributed by atoms with van der Waals surface area (Å²) in [5, 5.41) is 5.19. The molecule has 2 heterocycles. The number of urea groups is 1. The van der Waals surface area contributed by atoms with E-state index in [9.17, 15) is 14.4 Å². The first-order valence-electron chi connectivity index (χ1n) is 8.55. The van der Waals surface area contributed by atoms with Crippen molar-refractivity contribution in [3.63, 3.8) is 0 Å². The highest BCUT2D eigenvalue weighted by Crippen LogP contribution is 2.18. The van der Waals surface area contributed by atoms with Gasteiger partial charge in [0.05, 0.1) is 39.1 Å². The van der Waals surface area contributed by atoms with Crippen molar-refractivity contribution in [1.82, 2.24) is 15.2 Å². The Morgan fingerprint density at radius 1 is 1.14 bits per heavy atom. The van der Waals surface area contributed by atoms with E-state index in [0.29, 0.717) is 17.3 Å². The van der Waals surface area contributed by atoms with Gasteiger partial charge in [-0.1, -0.05) is 12.1 Å². The molecule has 2 aromatic rings. The lowest BCUT2D eigenvalue weighted by atomic mass is 10.1. The number of imide groups is 1. The van der Waals surface area contributed by atoms with Crippen LogP contribution in [0.25, 0.3) is 0 Å². The Hall–Kier alpha value is -3.62. The van der Waals surface area contributed by atoms with Crippen LogP contribution in [0.1, 0.15) is 12.0 Å². The number of benzene rings is 1. The SMILES string of the molecule is COc1ccc(CN2C(=O)N[C@@H](CC(=O)Nc3ccc(OC)nc3)C2=O)cc1. The van der Waals surface area contributed by atoms with Crippen LogP contribution in [0.2, 0.25) is 0 Å². The summed E-state index contributed by atoms with van der Waals surface area (Å²) < 4.78 is 10.0. The number of ether oxygens (including phenoxy) is 2. The summed E-state index contributed by atoms with van der Waals surface area (Å²) in [6.45, 7) is 0.120. The number of pyridine rings is 1. The van der Waals surface area contributed by atoms with Gasteiger partial charge in [-0.2, -0.15) is 0 Å². The second kappa shape index (κ2) is 8.38. The third kappa shape index (κ3) is 4.37. The molecule has 1 fully saturated rings. The quantitative estimate of drug-likeness (QED) is 0.701. The fraction of sp³-hybridized carbons (Fsp3) is 0.263. The van der Waals surface area contributed by atoms with Crippen LogP contribution in [0, 0.1) is 0 Å². The molecule has 9 heteroatoms. The van der Waals surface area contributed by atoms with Gasteiger partial charge in [0.25, 0.3) is 5.91 Å². The number of anilines is 1. The molecule has 1 atom stereocenters. The van der Waals surface area contributed by atoms with E-state index in [1.165, 1.54) is 13.3 Å². The van der Waals surface area contributed by atoms with Crippen molar-refractivity contribution in [2.75, 3.05) is 19.5 Å². The molecule has 4 amide bonds. The summed E-state index contributed by atoms with van der Waals surface area (Å²) in [5.74, 6) is 0.259. The summed E-state index contributed by atoms with van der Waals surface area (Å²) in [7, 11) is 3.05. The maximum absolute atomic E-state index is 12.5. The largest absolute Gasteiger partial charge is 0.497 e. The van der Waals surface area contributed by atoms with Crippen molar-refractivity contribution in [3.05, 3.63) is 48.2 Å². The van der Waals surface area contributed by atoms with E-state index in [0.717, 1.165) is 10.5 Å². The summed E-state index contributed by atoms with van der Waals surface area (Å²) in [6.07, 6.45) is 1.28. The van der Waals surface area contributed by atoms with Gasteiger partial charge in [-0.05, 0) is 23.8 Å². The van der Waals surface area contributed by atoms with E-state index in [4.69, 9.17) is 9.47 Å². The zero-order valence-corrected chi connectivity index (χ0v) is 15.5. The number of carbonyl (C=O) groups excluding carboxylic acids is 3. The van der Waals surface area contributed by atoms with Gasteiger partial charge in [-0.25, -0.2) is 9.78 Å². The Morgan fingerprint density at radius 2 is 1.89 bits per heavy atom. The van der Waals surface area contributed by atoms with Gasteiger partial charge in [0.15, 0.2) is 0 Å². The van der Waals surface area contributed by atoms with Gasteiger partial charge in [0.1, 0.15) is 11.8 Å².